The van der Waals surface area contributed by atoms with Crippen LogP contribution in [0.15, 0.2) is 48.7 Å². The molecule has 1 heterocycles. The van der Waals surface area contributed by atoms with Crippen LogP contribution in [0.1, 0.15) is 36.6 Å². The van der Waals surface area contributed by atoms with Crippen molar-refractivity contribution in [2.75, 3.05) is 6.54 Å². The van der Waals surface area contributed by atoms with Crippen molar-refractivity contribution in [2.24, 2.45) is 5.73 Å². The lowest BCUT2D eigenvalue weighted by Crippen LogP contribution is -2.27. The first-order valence-electron chi connectivity index (χ1n) is 7.61. The normalized spacial score (nSPS) is 12.3. The summed E-state index contributed by atoms with van der Waals surface area (Å²) in [5.41, 5.74) is 8.35. The Balaban J connectivity index is 2.30. The predicted octanol–water partition coefficient (Wildman–Crippen LogP) is 2.24. The molecule has 0 bridgehead atoms. The summed E-state index contributed by atoms with van der Waals surface area (Å²) in [6, 6.07) is 13.9. The Hall–Kier alpha value is -2.20. The van der Waals surface area contributed by atoms with Gasteiger partial charge in [-0.1, -0.05) is 50.2 Å². The lowest BCUT2D eigenvalue weighted by molar-refractivity contribution is -0.118. The van der Waals surface area contributed by atoms with Gasteiger partial charge in [-0.3, -0.25) is 9.78 Å². The van der Waals surface area contributed by atoms with E-state index in [9.17, 15) is 4.79 Å². The summed E-state index contributed by atoms with van der Waals surface area (Å²) in [6.45, 7) is 5.07. The van der Waals surface area contributed by atoms with Crippen LogP contribution in [0, 0.1) is 0 Å². The molecule has 0 aliphatic carbocycles. The zero-order valence-corrected chi connectivity index (χ0v) is 13.1. The van der Waals surface area contributed by atoms with Crippen molar-refractivity contribution in [3.8, 4) is 0 Å². The van der Waals surface area contributed by atoms with E-state index in [1.807, 2.05) is 42.5 Å². The Morgan fingerprint density at radius 2 is 1.91 bits per heavy atom. The Labute approximate surface area is 131 Å². The minimum absolute atomic E-state index is 0.372. The zero-order chi connectivity index (χ0) is 15.9. The summed E-state index contributed by atoms with van der Waals surface area (Å²) in [6.07, 6.45) is 2.53. The van der Waals surface area contributed by atoms with Crippen LogP contribution in [0.25, 0.3) is 0 Å². The molecule has 0 spiro atoms. The Kier molecular flexibility index (Phi) is 5.67. The highest BCUT2D eigenvalue weighted by Crippen LogP contribution is 2.25. The van der Waals surface area contributed by atoms with E-state index in [0.29, 0.717) is 6.04 Å². The summed E-state index contributed by atoms with van der Waals surface area (Å²) < 4.78 is 0. The molecule has 4 nitrogen and oxygen atoms in total. The van der Waals surface area contributed by atoms with Gasteiger partial charge in [0.15, 0.2) is 0 Å². The van der Waals surface area contributed by atoms with Gasteiger partial charge in [-0.2, -0.15) is 0 Å². The van der Waals surface area contributed by atoms with Crippen molar-refractivity contribution < 1.29 is 4.79 Å². The van der Waals surface area contributed by atoms with Gasteiger partial charge in [0.25, 0.3) is 0 Å². The number of pyridine rings is 1. The van der Waals surface area contributed by atoms with E-state index in [1.54, 1.807) is 6.20 Å². The van der Waals surface area contributed by atoms with Crippen molar-refractivity contribution >= 4 is 5.91 Å². The van der Waals surface area contributed by atoms with Crippen molar-refractivity contribution in [2.45, 2.75) is 32.2 Å². The van der Waals surface area contributed by atoms with Crippen LogP contribution in [0.5, 0.6) is 0 Å². The average Bonchev–Trinajstić information content (AvgIpc) is 2.49. The Bertz CT molecular complexity index is 611. The highest BCUT2D eigenvalue weighted by Gasteiger charge is 2.23. The second kappa shape index (κ2) is 7.71. The largest absolute Gasteiger partial charge is 0.369 e. The fraction of sp³-hybridized carbons (Fsp3) is 0.333. The molecule has 0 aliphatic heterocycles. The number of amides is 1. The van der Waals surface area contributed by atoms with E-state index in [0.717, 1.165) is 29.8 Å². The number of aromatic nitrogens is 1. The standard InChI is InChI=1S/C18H23N3O/c1-13(2)20-12-10-15-9-6-11-21-17(15)16(18(19)22)14-7-4-3-5-8-14/h3-9,11,13,16,20H,10,12H2,1-2H3,(H2,19,22). The molecule has 3 N–H and O–H groups in total. The molecule has 1 aromatic carbocycles. The van der Waals surface area contributed by atoms with Gasteiger partial charge in [0.05, 0.1) is 5.69 Å². The molecule has 2 rings (SSSR count). The van der Waals surface area contributed by atoms with Crippen LogP contribution in [0.2, 0.25) is 0 Å². The first-order valence-corrected chi connectivity index (χ1v) is 7.61. The van der Waals surface area contributed by atoms with E-state index in [4.69, 9.17) is 5.73 Å². The van der Waals surface area contributed by atoms with Gasteiger partial charge in [-0.15, -0.1) is 0 Å². The van der Waals surface area contributed by atoms with Crippen LogP contribution >= 0.6 is 0 Å². The van der Waals surface area contributed by atoms with Gasteiger partial charge in [0.2, 0.25) is 5.91 Å². The highest BCUT2D eigenvalue weighted by atomic mass is 16.1. The van der Waals surface area contributed by atoms with Crippen LogP contribution in [-0.2, 0) is 11.2 Å². The number of carbonyl (C=O) groups is 1. The number of nitrogens with zero attached hydrogens (tertiary/aromatic N) is 1. The predicted molar refractivity (Wildman–Crippen MR) is 88.6 cm³/mol. The maximum Gasteiger partial charge on any atom is 0.231 e. The van der Waals surface area contributed by atoms with Crippen molar-refractivity contribution in [1.82, 2.24) is 10.3 Å². The number of rotatable bonds is 7. The molecule has 0 fully saturated rings. The third-order valence-electron chi connectivity index (χ3n) is 3.56. The van der Waals surface area contributed by atoms with E-state index in [-0.39, 0.29) is 5.91 Å². The van der Waals surface area contributed by atoms with Crippen molar-refractivity contribution in [1.29, 1.82) is 0 Å². The molecule has 2 aromatic rings. The van der Waals surface area contributed by atoms with Gasteiger partial charge >= 0.3 is 0 Å². The summed E-state index contributed by atoms with van der Waals surface area (Å²) >= 11 is 0. The molecular formula is C18H23N3O. The highest BCUT2D eigenvalue weighted by molar-refractivity contribution is 5.85. The molecular weight excluding hydrogens is 274 g/mol. The fourth-order valence-corrected chi connectivity index (χ4v) is 2.52. The monoisotopic (exact) mass is 297 g/mol. The quantitative estimate of drug-likeness (QED) is 0.823. The smallest absolute Gasteiger partial charge is 0.231 e. The van der Waals surface area contributed by atoms with Crippen LogP contribution < -0.4 is 11.1 Å². The summed E-state index contributed by atoms with van der Waals surface area (Å²) in [7, 11) is 0. The van der Waals surface area contributed by atoms with E-state index in [1.165, 1.54) is 0 Å². The minimum atomic E-state index is -0.503. The van der Waals surface area contributed by atoms with Crippen molar-refractivity contribution in [3.63, 3.8) is 0 Å². The zero-order valence-electron chi connectivity index (χ0n) is 13.1. The molecule has 0 radical (unpaired) electrons. The third kappa shape index (κ3) is 4.15. The van der Waals surface area contributed by atoms with E-state index in [2.05, 4.69) is 24.1 Å². The number of carbonyl (C=O) groups excluding carboxylic acids is 1. The van der Waals surface area contributed by atoms with Crippen LogP contribution in [-0.4, -0.2) is 23.5 Å². The molecule has 1 aromatic heterocycles. The lowest BCUT2D eigenvalue weighted by atomic mass is 9.91. The van der Waals surface area contributed by atoms with E-state index >= 15 is 0 Å². The molecule has 0 saturated carbocycles. The first kappa shape index (κ1) is 16.2. The number of primary amides is 1. The fourth-order valence-electron chi connectivity index (χ4n) is 2.52. The van der Waals surface area contributed by atoms with Gasteiger partial charge in [0, 0.05) is 12.2 Å². The lowest BCUT2D eigenvalue weighted by Gasteiger charge is -2.17. The average molecular weight is 297 g/mol. The number of hydrogen-bond acceptors (Lipinski definition) is 3. The topological polar surface area (TPSA) is 68.0 Å². The second-order valence-electron chi connectivity index (χ2n) is 5.65. The first-order chi connectivity index (χ1) is 10.6. The summed E-state index contributed by atoms with van der Waals surface area (Å²) in [5.74, 6) is -0.876. The number of nitrogens with one attached hydrogen (secondary N) is 1. The molecule has 1 unspecified atom stereocenters. The van der Waals surface area contributed by atoms with E-state index < -0.39 is 5.92 Å². The molecule has 4 heteroatoms. The molecule has 0 saturated heterocycles. The summed E-state index contributed by atoms with van der Waals surface area (Å²) in [5, 5.41) is 3.39. The minimum Gasteiger partial charge on any atom is -0.369 e. The molecule has 0 aliphatic rings. The van der Waals surface area contributed by atoms with Gasteiger partial charge < -0.3 is 11.1 Å². The molecule has 116 valence electrons. The SMILES string of the molecule is CC(C)NCCc1cccnc1C(C(N)=O)c1ccccc1. The molecule has 1 amide bonds. The molecule has 1 atom stereocenters. The van der Waals surface area contributed by atoms with Crippen molar-refractivity contribution in [3.05, 3.63) is 65.5 Å². The van der Waals surface area contributed by atoms with Gasteiger partial charge in [0.1, 0.15) is 5.92 Å². The maximum absolute atomic E-state index is 12.0. The van der Waals surface area contributed by atoms with Gasteiger partial charge in [-0.05, 0) is 30.2 Å². The number of benzene rings is 1. The van der Waals surface area contributed by atoms with Gasteiger partial charge in [-0.25, -0.2) is 0 Å². The third-order valence-corrected chi connectivity index (χ3v) is 3.56. The van der Waals surface area contributed by atoms with Crippen LogP contribution in [0.4, 0.5) is 0 Å². The second-order valence-corrected chi connectivity index (χ2v) is 5.65. The Morgan fingerprint density at radius 1 is 1.18 bits per heavy atom. The number of nitrogens with two attached hydrogens (primary N) is 1. The molecule has 22 heavy (non-hydrogen) atoms. The van der Waals surface area contributed by atoms with Crippen LogP contribution in [0.3, 0.4) is 0 Å². The maximum atomic E-state index is 12.0. The number of hydrogen-bond donors (Lipinski definition) is 2. The Morgan fingerprint density at radius 3 is 2.55 bits per heavy atom. The summed E-state index contributed by atoms with van der Waals surface area (Å²) in [4.78, 5) is 16.4.